The van der Waals surface area contributed by atoms with Gasteiger partial charge in [-0.3, -0.25) is 14.4 Å². The highest BCUT2D eigenvalue weighted by Gasteiger charge is 2.38. The van der Waals surface area contributed by atoms with E-state index in [1.807, 2.05) is 35.8 Å². The molecule has 2 heterocycles. The molecule has 0 bridgehead atoms. The fourth-order valence-corrected chi connectivity index (χ4v) is 4.43. The van der Waals surface area contributed by atoms with E-state index in [0.717, 1.165) is 16.8 Å². The summed E-state index contributed by atoms with van der Waals surface area (Å²) < 4.78 is 12.6. The number of aromatic nitrogens is 2. The Morgan fingerprint density at radius 1 is 1.14 bits per heavy atom. The third-order valence-electron chi connectivity index (χ3n) is 6.64. The number of carbonyl (C=O) groups is 3. The quantitative estimate of drug-likeness (QED) is 0.481. The molecule has 37 heavy (non-hydrogen) atoms. The first-order valence-corrected chi connectivity index (χ1v) is 11.9. The zero-order valence-electron chi connectivity index (χ0n) is 21.2. The lowest BCUT2D eigenvalue weighted by molar-refractivity contribution is -0.142. The lowest BCUT2D eigenvalue weighted by atomic mass is 9.99. The molecular formula is C27H30N4O6. The Kier molecular flexibility index (Phi) is 7.47. The van der Waals surface area contributed by atoms with E-state index >= 15 is 0 Å². The summed E-state index contributed by atoms with van der Waals surface area (Å²) >= 11 is 0. The van der Waals surface area contributed by atoms with Gasteiger partial charge in [0.15, 0.2) is 11.5 Å². The molecule has 2 aromatic carbocycles. The first-order chi connectivity index (χ1) is 17.7. The van der Waals surface area contributed by atoms with Crippen molar-refractivity contribution >= 4 is 17.8 Å². The Morgan fingerprint density at radius 3 is 2.54 bits per heavy atom. The molecule has 0 spiro atoms. The van der Waals surface area contributed by atoms with Gasteiger partial charge in [-0.15, -0.1) is 0 Å². The molecule has 2 N–H and O–H groups in total. The zero-order valence-corrected chi connectivity index (χ0v) is 21.2. The molecule has 0 fully saturated rings. The van der Waals surface area contributed by atoms with E-state index in [-0.39, 0.29) is 13.0 Å². The minimum absolute atomic E-state index is 0.133. The number of fused-ring (bicyclic) bond motifs is 1. The van der Waals surface area contributed by atoms with Crippen molar-refractivity contribution in [1.29, 1.82) is 0 Å². The van der Waals surface area contributed by atoms with Crippen LogP contribution in [0.15, 0.2) is 48.8 Å². The van der Waals surface area contributed by atoms with Crippen LogP contribution in [0.2, 0.25) is 0 Å². The van der Waals surface area contributed by atoms with E-state index in [1.54, 1.807) is 24.5 Å². The number of amides is 2. The molecule has 1 aliphatic rings. The van der Waals surface area contributed by atoms with E-state index in [2.05, 4.69) is 10.3 Å². The highest BCUT2D eigenvalue weighted by molar-refractivity contribution is 5.99. The molecule has 0 radical (unpaired) electrons. The Morgan fingerprint density at radius 2 is 1.86 bits per heavy atom. The molecule has 0 saturated carbocycles. The van der Waals surface area contributed by atoms with E-state index in [9.17, 15) is 19.5 Å². The second-order valence-electron chi connectivity index (χ2n) is 8.98. The molecule has 0 aliphatic carbocycles. The van der Waals surface area contributed by atoms with Gasteiger partial charge in [-0.25, -0.2) is 4.98 Å². The maximum Gasteiger partial charge on any atom is 0.325 e. The van der Waals surface area contributed by atoms with Gasteiger partial charge in [0.2, 0.25) is 5.91 Å². The van der Waals surface area contributed by atoms with Gasteiger partial charge < -0.3 is 29.4 Å². The summed E-state index contributed by atoms with van der Waals surface area (Å²) in [6, 6.07) is 10.8. The van der Waals surface area contributed by atoms with Gasteiger partial charge in [0.1, 0.15) is 12.1 Å². The number of benzene rings is 2. The van der Waals surface area contributed by atoms with Crippen molar-refractivity contribution in [2.75, 3.05) is 14.2 Å². The predicted molar refractivity (Wildman–Crippen MR) is 135 cm³/mol. The topological polar surface area (TPSA) is 123 Å². The number of carboxylic acids is 1. The molecule has 1 aliphatic heterocycles. The number of methoxy groups -OCH3 is 2. The monoisotopic (exact) mass is 506 g/mol. The summed E-state index contributed by atoms with van der Waals surface area (Å²) in [6.45, 7) is 4.12. The number of hydrogen-bond acceptors (Lipinski definition) is 6. The fraction of sp³-hybridized carbons (Fsp3) is 0.333. The number of rotatable bonds is 8. The molecule has 1 aromatic heterocycles. The number of aliphatic carboxylic acids is 1. The number of nitrogens with zero attached hydrogens (tertiary/aromatic N) is 3. The second kappa shape index (κ2) is 10.7. The maximum absolute atomic E-state index is 13.8. The van der Waals surface area contributed by atoms with Crippen LogP contribution in [-0.4, -0.2) is 63.6 Å². The second-order valence-corrected chi connectivity index (χ2v) is 8.98. The molecule has 0 saturated heterocycles. The number of carboxylic acid groups (broad SMARTS) is 1. The van der Waals surface area contributed by atoms with Crippen molar-refractivity contribution in [3.8, 4) is 11.5 Å². The van der Waals surface area contributed by atoms with Crippen LogP contribution < -0.4 is 14.8 Å². The molecule has 4 rings (SSSR count). The number of hydrogen-bond donors (Lipinski definition) is 2. The van der Waals surface area contributed by atoms with Crippen LogP contribution >= 0.6 is 0 Å². The Hall–Kier alpha value is -4.34. The molecular weight excluding hydrogens is 476 g/mol. The average Bonchev–Trinajstić information content (AvgIpc) is 3.29. The van der Waals surface area contributed by atoms with Crippen molar-refractivity contribution in [1.82, 2.24) is 19.8 Å². The SMILES string of the molecule is COc1ccc(C(=O)N2Cc3c(ncn3Cc3ccccc3C)CC2C(=O)NC(C)C(=O)O)cc1OC. The molecule has 3 aromatic rings. The van der Waals surface area contributed by atoms with Crippen LogP contribution in [0.25, 0.3) is 0 Å². The lowest BCUT2D eigenvalue weighted by Gasteiger charge is -2.35. The van der Waals surface area contributed by atoms with E-state index < -0.39 is 29.9 Å². The van der Waals surface area contributed by atoms with Gasteiger partial charge >= 0.3 is 5.97 Å². The van der Waals surface area contributed by atoms with Gasteiger partial charge in [0.25, 0.3) is 5.91 Å². The Labute approximate surface area is 214 Å². The Bertz CT molecular complexity index is 1330. The summed E-state index contributed by atoms with van der Waals surface area (Å²) in [6.07, 6.45) is 1.88. The molecule has 2 amide bonds. The number of ether oxygens (including phenoxy) is 2. The van der Waals surface area contributed by atoms with Crippen molar-refractivity contribution in [2.45, 2.75) is 45.4 Å². The zero-order chi connectivity index (χ0) is 26.7. The standard InChI is InChI=1S/C27H30N4O6/c1-16-7-5-6-8-19(16)13-30-15-28-20-12-21(25(32)29-17(2)27(34)35)31(14-22(20)30)26(33)18-9-10-23(36-3)24(11-18)37-4/h5-11,15,17,21H,12-14H2,1-4H3,(H,29,32)(H,34,35). The van der Waals surface area contributed by atoms with Crippen LogP contribution in [0.5, 0.6) is 11.5 Å². The molecule has 194 valence electrons. The molecule has 10 heteroatoms. The van der Waals surface area contributed by atoms with Gasteiger partial charge in [-0.1, -0.05) is 24.3 Å². The molecule has 2 unspecified atom stereocenters. The van der Waals surface area contributed by atoms with Gasteiger partial charge in [0, 0.05) is 18.5 Å². The first-order valence-electron chi connectivity index (χ1n) is 11.9. The first kappa shape index (κ1) is 25.7. The average molecular weight is 507 g/mol. The minimum Gasteiger partial charge on any atom is -0.493 e. The third-order valence-corrected chi connectivity index (χ3v) is 6.64. The fourth-order valence-electron chi connectivity index (χ4n) is 4.43. The number of carbonyl (C=O) groups excluding carboxylic acids is 2. The predicted octanol–water partition coefficient (Wildman–Crippen LogP) is 2.41. The normalized spacial score (nSPS) is 15.5. The van der Waals surface area contributed by atoms with Crippen LogP contribution in [0.3, 0.4) is 0 Å². The largest absolute Gasteiger partial charge is 0.493 e. The summed E-state index contributed by atoms with van der Waals surface area (Å²) in [4.78, 5) is 44.3. The van der Waals surface area contributed by atoms with Crippen molar-refractivity contribution in [3.05, 3.63) is 76.9 Å². The van der Waals surface area contributed by atoms with Crippen molar-refractivity contribution in [2.24, 2.45) is 0 Å². The maximum atomic E-state index is 13.8. The van der Waals surface area contributed by atoms with Crippen molar-refractivity contribution < 1.29 is 29.0 Å². The highest BCUT2D eigenvalue weighted by atomic mass is 16.5. The summed E-state index contributed by atoms with van der Waals surface area (Å²) in [7, 11) is 2.98. The summed E-state index contributed by atoms with van der Waals surface area (Å²) in [5, 5.41) is 11.8. The number of nitrogens with one attached hydrogen (secondary N) is 1. The van der Waals surface area contributed by atoms with E-state index in [0.29, 0.717) is 29.3 Å². The third kappa shape index (κ3) is 5.28. The van der Waals surface area contributed by atoms with Gasteiger partial charge in [-0.2, -0.15) is 0 Å². The van der Waals surface area contributed by atoms with Gasteiger partial charge in [0.05, 0.1) is 38.5 Å². The summed E-state index contributed by atoms with van der Waals surface area (Å²) in [5.74, 6) is -1.25. The van der Waals surface area contributed by atoms with Crippen LogP contribution in [0.1, 0.15) is 39.8 Å². The Balaban J connectivity index is 1.70. The van der Waals surface area contributed by atoms with Crippen LogP contribution in [0.4, 0.5) is 0 Å². The van der Waals surface area contributed by atoms with Crippen molar-refractivity contribution in [3.63, 3.8) is 0 Å². The van der Waals surface area contributed by atoms with Gasteiger partial charge in [-0.05, 0) is 43.2 Å². The summed E-state index contributed by atoms with van der Waals surface area (Å²) in [5.41, 5.74) is 4.10. The molecule has 2 atom stereocenters. The van der Waals surface area contributed by atoms with Crippen LogP contribution in [-0.2, 0) is 29.1 Å². The molecule has 10 nitrogen and oxygen atoms in total. The van der Waals surface area contributed by atoms with E-state index in [4.69, 9.17) is 9.47 Å². The number of imidazole rings is 1. The minimum atomic E-state index is -1.16. The van der Waals surface area contributed by atoms with E-state index in [1.165, 1.54) is 26.0 Å². The van der Waals surface area contributed by atoms with Crippen LogP contribution in [0, 0.1) is 6.92 Å². The lowest BCUT2D eigenvalue weighted by Crippen LogP contribution is -2.55. The highest BCUT2D eigenvalue weighted by Crippen LogP contribution is 2.30. The number of aryl methyl sites for hydroxylation is 1. The smallest absolute Gasteiger partial charge is 0.325 e.